The Morgan fingerprint density at radius 3 is 2.50 bits per heavy atom. The molecule has 2 aliphatic rings. The van der Waals surface area contributed by atoms with Crippen LogP contribution in [0.1, 0.15) is 44.9 Å². The van der Waals surface area contributed by atoms with E-state index in [4.69, 9.17) is 10.5 Å². The highest BCUT2D eigenvalue weighted by atomic mass is 16.5. The minimum Gasteiger partial charge on any atom is -0.463 e. The van der Waals surface area contributed by atoms with Gasteiger partial charge in [-0.2, -0.15) is 15.0 Å². The quantitative estimate of drug-likeness (QED) is 0.907. The van der Waals surface area contributed by atoms with Crippen LogP contribution in [0.15, 0.2) is 0 Å². The summed E-state index contributed by atoms with van der Waals surface area (Å²) in [5, 5.41) is 0. The summed E-state index contributed by atoms with van der Waals surface area (Å²) < 4.78 is 5.73. The number of hydrogen-bond acceptors (Lipinski definition) is 6. The topological polar surface area (TPSA) is 77.2 Å². The van der Waals surface area contributed by atoms with Gasteiger partial charge in [-0.3, -0.25) is 0 Å². The molecule has 1 aliphatic heterocycles. The lowest BCUT2D eigenvalue weighted by Crippen LogP contribution is -2.31. The smallest absolute Gasteiger partial charge is 0.323 e. The van der Waals surface area contributed by atoms with Crippen molar-refractivity contribution in [2.24, 2.45) is 5.92 Å². The molecule has 110 valence electrons. The molecule has 0 amide bonds. The van der Waals surface area contributed by atoms with Crippen LogP contribution in [0.25, 0.3) is 0 Å². The zero-order valence-corrected chi connectivity index (χ0v) is 11.9. The molecule has 6 nitrogen and oxygen atoms in total. The van der Waals surface area contributed by atoms with Crippen LogP contribution in [-0.2, 0) is 0 Å². The van der Waals surface area contributed by atoms with Crippen LogP contribution < -0.4 is 15.4 Å². The van der Waals surface area contributed by atoms with Crippen molar-refractivity contribution in [1.29, 1.82) is 0 Å². The highest BCUT2D eigenvalue weighted by Crippen LogP contribution is 2.25. The first-order valence-corrected chi connectivity index (χ1v) is 7.70. The molecule has 6 heteroatoms. The van der Waals surface area contributed by atoms with Crippen LogP contribution in [0.2, 0.25) is 0 Å². The lowest BCUT2D eigenvalue weighted by molar-refractivity contribution is 0.234. The van der Waals surface area contributed by atoms with E-state index in [2.05, 4.69) is 19.9 Å². The minimum atomic E-state index is 0.252. The fraction of sp³-hybridized carbons (Fsp3) is 0.786. The van der Waals surface area contributed by atoms with Gasteiger partial charge < -0.3 is 15.4 Å². The second-order valence-electron chi connectivity index (χ2n) is 5.79. The third-order valence-corrected chi connectivity index (χ3v) is 4.18. The highest BCUT2D eigenvalue weighted by molar-refractivity contribution is 5.36. The Bertz CT molecular complexity index is 441. The van der Waals surface area contributed by atoms with Gasteiger partial charge in [0.25, 0.3) is 0 Å². The van der Waals surface area contributed by atoms with Crippen molar-refractivity contribution in [3.63, 3.8) is 0 Å². The molecule has 1 aromatic rings. The Morgan fingerprint density at radius 1 is 1.00 bits per heavy atom. The second-order valence-corrected chi connectivity index (χ2v) is 5.79. The number of rotatable bonds is 4. The third-order valence-electron chi connectivity index (χ3n) is 4.18. The van der Waals surface area contributed by atoms with E-state index in [0.717, 1.165) is 13.1 Å². The van der Waals surface area contributed by atoms with Crippen LogP contribution in [0.4, 0.5) is 11.9 Å². The van der Waals surface area contributed by atoms with E-state index in [-0.39, 0.29) is 5.95 Å². The molecule has 0 unspecified atom stereocenters. The largest absolute Gasteiger partial charge is 0.463 e. The normalized spacial score (nSPS) is 20.3. The summed E-state index contributed by atoms with van der Waals surface area (Å²) in [7, 11) is 0. The first-order chi connectivity index (χ1) is 9.81. The Kier molecular flexibility index (Phi) is 4.18. The molecule has 1 aromatic heterocycles. The Balaban J connectivity index is 1.65. The summed E-state index contributed by atoms with van der Waals surface area (Å²) in [6.45, 7) is 2.68. The zero-order chi connectivity index (χ0) is 13.8. The standard InChI is InChI=1S/C14H23N5O/c15-12-16-13(19-8-4-1-5-9-19)18-14(17-12)20-10-11-6-2-3-7-11/h11H,1-10H2,(H2,15,16,17,18). The molecule has 2 fully saturated rings. The van der Waals surface area contributed by atoms with Gasteiger partial charge in [0.2, 0.25) is 11.9 Å². The number of nitrogens with zero attached hydrogens (tertiary/aromatic N) is 4. The van der Waals surface area contributed by atoms with Crippen molar-refractivity contribution in [3.05, 3.63) is 0 Å². The van der Waals surface area contributed by atoms with E-state index >= 15 is 0 Å². The van der Waals surface area contributed by atoms with E-state index in [9.17, 15) is 0 Å². The lowest BCUT2D eigenvalue weighted by Gasteiger charge is -2.26. The van der Waals surface area contributed by atoms with Crippen molar-refractivity contribution >= 4 is 11.9 Å². The van der Waals surface area contributed by atoms with Crippen LogP contribution in [0.5, 0.6) is 6.01 Å². The van der Waals surface area contributed by atoms with Crippen molar-refractivity contribution in [2.75, 3.05) is 30.3 Å². The van der Waals surface area contributed by atoms with E-state index < -0.39 is 0 Å². The lowest BCUT2D eigenvalue weighted by atomic mass is 10.1. The summed E-state index contributed by atoms with van der Waals surface area (Å²) in [5.74, 6) is 1.56. The Hall–Kier alpha value is -1.59. The average molecular weight is 277 g/mol. The van der Waals surface area contributed by atoms with Crippen LogP contribution >= 0.6 is 0 Å². The highest BCUT2D eigenvalue weighted by Gasteiger charge is 2.18. The molecule has 0 bridgehead atoms. The van der Waals surface area contributed by atoms with E-state index in [1.54, 1.807) is 0 Å². The monoisotopic (exact) mass is 277 g/mol. The molecule has 1 saturated carbocycles. The molecule has 3 rings (SSSR count). The van der Waals surface area contributed by atoms with Crippen molar-refractivity contribution in [3.8, 4) is 6.01 Å². The SMILES string of the molecule is Nc1nc(OCC2CCCC2)nc(N2CCCCC2)n1. The number of hydrogen-bond donors (Lipinski definition) is 1. The maximum Gasteiger partial charge on any atom is 0.323 e. The average Bonchev–Trinajstić information content (AvgIpc) is 2.99. The van der Waals surface area contributed by atoms with Gasteiger partial charge in [-0.15, -0.1) is 0 Å². The molecule has 0 atom stereocenters. The van der Waals surface area contributed by atoms with Gasteiger partial charge in [0.05, 0.1) is 6.61 Å². The molecule has 0 radical (unpaired) electrons. The molecule has 0 spiro atoms. The fourth-order valence-electron chi connectivity index (χ4n) is 3.03. The van der Waals surface area contributed by atoms with Gasteiger partial charge in [-0.25, -0.2) is 0 Å². The summed E-state index contributed by atoms with van der Waals surface area (Å²) in [6, 6.07) is 0.380. The van der Waals surface area contributed by atoms with E-state index in [1.807, 2.05) is 0 Å². The van der Waals surface area contributed by atoms with Gasteiger partial charge >= 0.3 is 6.01 Å². The van der Waals surface area contributed by atoms with Crippen molar-refractivity contribution < 1.29 is 4.74 Å². The van der Waals surface area contributed by atoms with E-state index in [0.29, 0.717) is 24.5 Å². The van der Waals surface area contributed by atoms with Crippen LogP contribution in [-0.4, -0.2) is 34.6 Å². The number of nitrogens with two attached hydrogens (primary N) is 1. The van der Waals surface area contributed by atoms with Crippen LogP contribution in [0.3, 0.4) is 0 Å². The molecule has 1 aliphatic carbocycles. The predicted molar refractivity (Wildman–Crippen MR) is 77.8 cm³/mol. The molecule has 2 N–H and O–H groups in total. The molecule has 2 heterocycles. The Labute approximate surface area is 119 Å². The number of ether oxygens (including phenoxy) is 1. The molecular weight excluding hydrogens is 254 g/mol. The van der Waals surface area contributed by atoms with Gasteiger partial charge in [0.1, 0.15) is 0 Å². The zero-order valence-electron chi connectivity index (χ0n) is 11.9. The fourth-order valence-corrected chi connectivity index (χ4v) is 3.03. The van der Waals surface area contributed by atoms with Gasteiger partial charge in [0, 0.05) is 13.1 Å². The number of anilines is 2. The second kappa shape index (κ2) is 6.24. The third kappa shape index (κ3) is 3.29. The maximum absolute atomic E-state index is 5.78. The predicted octanol–water partition coefficient (Wildman–Crippen LogP) is 2.01. The molecule has 0 aromatic carbocycles. The molecule has 20 heavy (non-hydrogen) atoms. The first kappa shape index (κ1) is 13.4. The number of nitrogen functional groups attached to an aromatic ring is 1. The summed E-state index contributed by atoms with van der Waals surface area (Å²) in [6.07, 6.45) is 8.77. The Morgan fingerprint density at radius 2 is 1.75 bits per heavy atom. The molecular formula is C14H23N5O. The first-order valence-electron chi connectivity index (χ1n) is 7.70. The number of piperidine rings is 1. The number of aromatic nitrogens is 3. The summed E-state index contributed by atoms with van der Waals surface area (Å²) in [4.78, 5) is 14.9. The van der Waals surface area contributed by atoms with E-state index in [1.165, 1.54) is 44.9 Å². The summed E-state index contributed by atoms with van der Waals surface area (Å²) >= 11 is 0. The molecule has 1 saturated heterocycles. The van der Waals surface area contributed by atoms with Crippen molar-refractivity contribution in [1.82, 2.24) is 15.0 Å². The van der Waals surface area contributed by atoms with Gasteiger partial charge in [0.15, 0.2) is 0 Å². The van der Waals surface area contributed by atoms with Gasteiger partial charge in [-0.1, -0.05) is 12.8 Å². The van der Waals surface area contributed by atoms with Gasteiger partial charge in [-0.05, 0) is 38.0 Å². The minimum absolute atomic E-state index is 0.252. The van der Waals surface area contributed by atoms with Crippen LogP contribution in [0, 0.1) is 5.92 Å². The van der Waals surface area contributed by atoms with Crippen molar-refractivity contribution in [2.45, 2.75) is 44.9 Å². The maximum atomic E-state index is 5.78. The summed E-state index contributed by atoms with van der Waals surface area (Å²) in [5.41, 5.74) is 5.78.